The zero-order chi connectivity index (χ0) is 24.2. The number of carbonyl (C=O) groups excluding carboxylic acids is 1. The Morgan fingerprint density at radius 1 is 1.00 bits per heavy atom. The van der Waals surface area contributed by atoms with Gasteiger partial charge in [-0.1, -0.05) is 0 Å². The quantitative estimate of drug-likeness (QED) is 0.487. The number of anilines is 2. The number of ether oxygens (including phenoxy) is 3. The minimum absolute atomic E-state index is 0.206. The van der Waals surface area contributed by atoms with Gasteiger partial charge in [-0.3, -0.25) is 14.8 Å². The van der Waals surface area contributed by atoms with Gasteiger partial charge in [0, 0.05) is 55.6 Å². The highest BCUT2D eigenvalue weighted by Crippen LogP contribution is 2.29. The highest BCUT2D eigenvalue weighted by molar-refractivity contribution is 6.04. The largest absolute Gasteiger partial charge is 0.497 e. The van der Waals surface area contributed by atoms with Crippen molar-refractivity contribution in [2.75, 3.05) is 50.6 Å². The maximum atomic E-state index is 12.7. The molecule has 2 fully saturated rings. The molecule has 35 heavy (non-hydrogen) atoms. The van der Waals surface area contributed by atoms with E-state index in [2.05, 4.69) is 25.3 Å². The van der Waals surface area contributed by atoms with Gasteiger partial charge in [-0.2, -0.15) is 0 Å². The van der Waals surface area contributed by atoms with E-state index in [1.807, 2.05) is 36.4 Å². The number of hydrogen-bond acceptors (Lipinski definition) is 7. The van der Waals surface area contributed by atoms with E-state index in [-0.39, 0.29) is 12.5 Å². The second kappa shape index (κ2) is 10.3. The number of hydrogen-bond donors (Lipinski definition) is 2. The van der Waals surface area contributed by atoms with Crippen LogP contribution in [0.15, 0.2) is 48.5 Å². The molecule has 1 aliphatic heterocycles. The molecule has 1 aliphatic carbocycles. The zero-order valence-corrected chi connectivity index (χ0v) is 20.1. The van der Waals surface area contributed by atoms with Gasteiger partial charge in [-0.25, -0.2) is 0 Å². The number of nitrogens with zero attached hydrogens (tertiary/aromatic N) is 3. The summed E-state index contributed by atoms with van der Waals surface area (Å²) in [4.78, 5) is 17.7. The molecular weight excluding hydrogens is 446 g/mol. The van der Waals surface area contributed by atoms with Crippen LogP contribution in [0.1, 0.15) is 28.8 Å². The summed E-state index contributed by atoms with van der Waals surface area (Å²) < 4.78 is 16.3. The minimum Gasteiger partial charge on any atom is -0.497 e. The van der Waals surface area contributed by atoms with Gasteiger partial charge in [0.25, 0.3) is 5.91 Å². The molecule has 5 rings (SSSR count). The van der Waals surface area contributed by atoms with Crippen molar-refractivity contribution in [1.82, 2.24) is 15.1 Å². The molecular formula is C26H31N5O4. The average molecular weight is 478 g/mol. The first-order valence-electron chi connectivity index (χ1n) is 11.9. The SMILES string of the molecule is COc1cc(COc2cc(NC(=O)c3ccc(N4CCN(C5CC5)CC4)cc3)[nH]n2)cc(OC)c1. The first-order valence-corrected chi connectivity index (χ1v) is 11.9. The van der Waals surface area contributed by atoms with Gasteiger partial charge < -0.3 is 24.4 Å². The molecule has 0 spiro atoms. The fourth-order valence-electron chi connectivity index (χ4n) is 4.35. The number of aromatic nitrogens is 2. The summed E-state index contributed by atoms with van der Waals surface area (Å²) >= 11 is 0. The number of amides is 1. The van der Waals surface area contributed by atoms with Crippen molar-refractivity contribution in [3.63, 3.8) is 0 Å². The van der Waals surface area contributed by atoms with E-state index in [0.717, 1.165) is 43.5 Å². The van der Waals surface area contributed by atoms with Gasteiger partial charge in [-0.15, -0.1) is 5.10 Å². The van der Waals surface area contributed by atoms with Gasteiger partial charge >= 0.3 is 0 Å². The van der Waals surface area contributed by atoms with E-state index in [4.69, 9.17) is 14.2 Å². The van der Waals surface area contributed by atoms with Crippen molar-refractivity contribution in [1.29, 1.82) is 0 Å². The van der Waals surface area contributed by atoms with Crippen LogP contribution in [0.25, 0.3) is 0 Å². The Hall–Kier alpha value is -3.72. The fourth-order valence-corrected chi connectivity index (χ4v) is 4.35. The summed E-state index contributed by atoms with van der Waals surface area (Å²) in [5.74, 6) is 2.01. The third-order valence-corrected chi connectivity index (χ3v) is 6.47. The number of benzene rings is 2. The van der Waals surface area contributed by atoms with Crippen LogP contribution in [-0.2, 0) is 6.61 Å². The van der Waals surface area contributed by atoms with Crippen molar-refractivity contribution in [3.05, 3.63) is 59.7 Å². The van der Waals surface area contributed by atoms with E-state index < -0.39 is 0 Å². The van der Waals surface area contributed by atoms with E-state index >= 15 is 0 Å². The van der Waals surface area contributed by atoms with E-state index in [9.17, 15) is 4.79 Å². The van der Waals surface area contributed by atoms with Crippen molar-refractivity contribution >= 4 is 17.4 Å². The lowest BCUT2D eigenvalue weighted by Crippen LogP contribution is -2.47. The summed E-state index contributed by atoms with van der Waals surface area (Å²) in [6, 6.07) is 15.8. The van der Waals surface area contributed by atoms with Gasteiger partial charge in [0.05, 0.1) is 14.2 Å². The Balaban J connectivity index is 1.13. The molecule has 3 aromatic rings. The molecule has 184 valence electrons. The Morgan fingerprint density at radius 3 is 2.31 bits per heavy atom. The number of H-pyrrole nitrogens is 1. The Labute approximate surface area is 205 Å². The van der Waals surface area contributed by atoms with Crippen LogP contribution >= 0.6 is 0 Å². The number of methoxy groups -OCH3 is 2. The highest BCUT2D eigenvalue weighted by atomic mass is 16.5. The molecule has 0 atom stereocenters. The second-order valence-corrected chi connectivity index (χ2v) is 8.88. The topological polar surface area (TPSA) is 92.0 Å². The first kappa shape index (κ1) is 23.0. The number of aromatic amines is 1. The molecule has 1 saturated carbocycles. The third-order valence-electron chi connectivity index (χ3n) is 6.47. The Kier molecular flexibility index (Phi) is 6.76. The monoisotopic (exact) mass is 477 g/mol. The van der Waals surface area contributed by atoms with Crippen LogP contribution in [0.4, 0.5) is 11.5 Å². The second-order valence-electron chi connectivity index (χ2n) is 8.88. The summed E-state index contributed by atoms with van der Waals surface area (Å²) in [5, 5.41) is 9.77. The maximum absolute atomic E-state index is 12.7. The van der Waals surface area contributed by atoms with Crippen LogP contribution in [-0.4, -0.2) is 67.4 Å². The molecule has 2 N–H and O–H groups in total. The van der Waals surface area contributed by atoms with Crippen molar-refractivity contribution in [2.45, 2.75) is 25.5 Å². The Morgan fingerprint density at radius 2 is 1.69 bits per heavy atom. The van der Waals surface area contributed by atoms with Crippen LogP contribution < -0.4 is 24.4 Å². The number of rotatable bonds is 9. The molecule has 0 unspecified atom stereocenters. The first-order chi connectivity index (χ1) is 17.1. The number of nitrogens with one attached hydrogen (secondary N) is 2. The minimum atomic E-state index is -0.206. The zero-order valence-electron chi connectivity index (χ0n) is 20.1. The average Bonchev–Trinajstić information content (AvgIpc) is 3.67. The molecule has 2 aliphatic rings. The summed E-state index contributed by atoms with van der Waals surface area (Å²) in [7, 11) is 3.21. The molecule has 2 aromatic carbocycles. The van der Waals surface area contributed by atoms with Gasteiger partial charge in [0.2, 0.25) is 5.88 Å². The predicted octanol–water partition coefficient (Wildman–Crippen LogP) is 3.54. The lowest BCUT2D eigenvalue weighted by Gasteiger charge is -2.36. The normalized spacial score (nSPS) is 16.1. The molecule has 9 heteroatoms. The standard InChI is InChI=1S/C26H31N5O4/c1-33-22-13-18(14-23(15-22)34-2)17-35-25-16-24(28-29-25)27-26(32)19-3-5-20(6-4-19)30-9-11-31(12-10-30)21-7-8-21/h3-6,13-16,21H,7-12,17H2,1-2H3,(H2,27,28,29,32). The molecule has 1 amide bonds. The number of carbonyl (C=O) groups is 1. The summed E-state index contributed by atoms with van der Waals surface area (Å²) in [6.07, 6.45) is 2.70. The van der Waals surface area contributed by atoms with Crippen LogP contribution in [0.2, 0.25) is 0 Å². The van der Waals surface area contributed by atoms with E-state index in [1.54, 1.807) is 26.4 Å². The van der Waals surface area contributed by atoms with E-state index in [1.165, 1.54) is 12.8 Å². The van der Waals surface area contributed by atoms with Crippen molar-refractivity contribution in [2.24, 2.45) is 0 Å². The molecule has 0 radical (unpaired) electrons. The van der Waals surface area contributed by atoms with Crippen LogP contribution in [0.5, 0.6) is 17.4 Å². The molecule has 0 bridgehead atoms. The van der Waals surface area contributed by atoms with Crippen molar-refractivity contribution in [3.8, 4) is 17.4 Å². The summed E-state index contributed by atoms with van der Waals surface area (Å²) in [5.41, 5.74) is 2.62. The predicted molar refractivity (Wildman–Crippen MR) is 134 cm³/mol. The molecule has 9 nitrogen and oxygen atoms in total. The Bertz CT molecular complexity index is 1130. The van der Waals surface area contributed by atoms with Gasteiger partial charge in [0.15, 0.2) is 0 Å². The fraction of sp³-hybridized carbons (Fsp3) is 0.385. The van der Waals surface area contributed by atoms with Crippen LogP contribution in [0.3, 0.4) is 0 Å². The molecule has 1 aromatic heterocycles. The summed E-state index contributed by atoms with van der Waals surface area (Å²) in [6.45, 7) is 4.57. The van der Waals surface area contributed by atoms with Crippen LogP contribution in [0, 0.1) is 0 Å². The maximum Gasteiger partial charge on any atom is 0.256 e. The lowest BCUT2D eigenvalue weighted by atomic mass is 10.1. The molecule has 1 saturated heterocycles. The van der Waals surface area contributed by atoms with E-state index in [0.29, 0.717) is 28.8 Å². The lowest BCUT2D eigenvalue weighted by molar-refractivity contribution is 0.102. The third kappa shape index (κ3) is 5.68. The van der Waals surface area contributed by atoms with Gasteiger partial charge in [0.1, 0.15) is 23.9 Å². The van der Waals surface area contributed by atoms with Crippen molar-refractivity contribution < 1.29 is 19.0 Å². The highest BCUT2D eigenvalue weighted by Gasteiger charge is 2.31. The smallest absolute Gasteiger partial charge is 0.256 e. The van der Waals surface area contributed by atoms with Gasteiger partial charge in [-0.05, 0) is 54.8 Å². The number of piperazine rings is 1. The molecule has 2 heterocycles.